The van der Waals surface area contributed by atoms with Crippen molar-refractivity contribution in [2.24, 2.45) is 17.3 Å². The van der Waals surface area contributed by atoms with Crippen LogP contribution in [0.2, 0.25) is 0 Å². The molecule has 5 aliphatic rings. The highest BCUT2D eigenvalue weighted by Gasteiger charge is 2.69. The number of aliphatic hydroxyl groups excluding tert-OH is 2. The van der Waals surface area contributed by atoms with Gasteiger partial charge in [-0.2, -0.15) is 0 Å². The van der Waals surface area contributed by atoms with E-state index in [-0.39, 0.29) is 28.6 Å². The first-order chi connectivity index (χ1) is 16.8. The van der Waals surface area contributed by atoms with Crippen LogP contribution in [0, 0.1) is 17.3 Å². The van der Waals surface area contributed by atoms with E-state index < -0.39 is 12.2 Å². The summed E-state index contributed by atoms with van der Waals surface area (Å²) in [5, 5.41) is 24.5. The second kappa shape index (κ2) is 7.25. The zero-order chi connectivity index (χ0) is 24.2. The van der Waals surface area contributed by atoms with Gasteiger partial charge in [-0.15, -0.1) is 0 Å². The standard InChI is InChI=1S/C30H36N2O3/c1-28-10-8-21-15-23-26(33)27(34)24(32(2)3)16-29(23)11-12-30(21,35-29)25(28)7-6-22(28)19-5-4-18-9-13-31-17-20(18)14-19/h4-6,8-9,13-14,17,23-27,33-34H,7,10-12,15-16H2,1-3H3/t23?,24-,25?,26+,27+,28+,29+,30+/m0/s1. The summed E-state index contributed by atoms with van der Waals surface area (Å²) in [5.41, 5.74) is 3.54. The topological polar surface area (TPSA) is 65.8 Å². The highest BCUT2D eigenvalue weighted by atomic mass is 16.5. The summed E-state index contributed by atoms with van der Waals surface area (Å²) < 4.78 is 7.30. The van der Waals surface area contributed by atoms with E-state index in [2.05, 4.69) is 53.2 Å². The molecule has 3 heterocycles. The molecule has 35 heavy (non-hydrogen) atoms. The van der Waals surface area contributed by atoms with Crippen molar-refractivity contribution < 1.29 is 14.9 Å². The summed E-state index contributed by atoms with van der Waals surface area (Å²) in [6.45, 7) is 2.44. The van der Waals surface area contributed by atoms with Crippen LogP contribution in [0.3, 0.4) is 0 Å². The van der Waals surface area contributed by atoms with Crippen LogP contribution in [0.5, 0.6) is 0 Å². The first kappa shape index (κ1) is 22.2. The largest absolute Gasteiger partial charge is 0.390 e. The van der Waals surface area contributed by atoms with Gasteiger partial charge in [0.2, 0.25) is 0 Å². The molecule has 3 aliphatic carbocycles. The maximum atomic E-state index is 11.2. The van der Waals surface area contributed by atoms with Crippen LogP contribution in [-0.4, -0.2) is 63.6 Å². The van der Waals surface area contributed by atoms with Gasteiger partial charge in [-0.3, -0.25) is 4.98 Å². The van der Waals surface area contributed by atoms with E-state index in [1.807, 2.05) is 26.5 Å². The third-order valence-corrected chi connectivity index (χ3v) is 10.6. The predicted octanol–water partition coefficient (Wildman–Crippen LogP) is 4.34. The molecule has 7 rings (SSSR count). The fourth-order valence-corrected chi connectivity index (χ4v) is 8.73. The van der Waals surface area contributed by atoms with Crippen molar-refractivity contribution in [2.75, 3.05) is 14.1 Å². The van der Waals surface area contributed by atoms with E-state index in [1.54, 1.807) is 0 Å². The van der Waals surface area contributed by atoms with Gasteiger partial charge in [0.25, 0.3) is 0 Å². The third-order valence-electron chi connectivity index (χ3n) is 10.6. The lowest BCUT2D eigenvalue weighted by Gasteiger charge is -2.59. The van der Waals surface area contributed by atoms with E-state index in [9.17, 15) is 10.2 Å². The van der Waals surface area contributed by atoms with Crippen molar-refractivity contribution in [3.63, 3.8) is 0 Å². The number of ether oxygens (including phenoxy) is 1. The highest BCUT2D eigenvalue weighted by Crippen LogP contribution is 2.69. The Hall–Kier alpha value is -2.05. The molecule has 2 aromatic rings. The normalized spacial score (nSPS) is 44.0. The molecule has 2 spiro atoms. The van der Waals surface area contributed by atoms with E-state index in [0.717, 1.165) is 38.5 Å². The molecule has 184 valence electrons. The maximum Gasteiger partial charge on any atom is 0.0958 e. The zero-order valence-electron chi connectivity index (χ0n) is 20.9. The number of fused-ring (bicyclic) bond motifs is 2. The second-order valence-electron chi connectivity index (χ2n) is 12.3. The SMILES string of the molecule is CN(C)[C@H]1C[C@@]23CC[C@@]4(O2)C(=CC[C@]2(C)C(c5ccc6ccncc6c5)=CCC24)CC3[C@@H](O)[C@@H]1O. The zero-order valence-corrected chi connectivity index (χ0v) is 20.9. The minimum absolute atomic E-state index is 0.0193. The molecule has 2 N–H and O–H groups in total. The Balaban J connectivity index is 1.27. The van der Waals surface area contributed by atoms with Crippen molar-refractivity contribution in [3.8, 4) is 0 Å². The molecule has 1 saturated carbocycles. The van der Waals surface area contributed by atoms with Gasteiger partial charge < -0.3 is 19.8 Å². The van der Waals surface area contributed by atoms with Gasteiger partial charge >= 0.3 is 0 Å². The van der Waals surface area contributed by atoms with Gasteiger partial charge in [0.1, 0.15) is 0 Å². The van der Waals surface area contributed by atoms with Crippen molar-refractivity contribution in [1.29, 1.82) is 0 Å². The van der Waals surface area contributed by atoms with Crippen LogP contribution in [-0.2, 0) is 4.74 Å². The van der Waals surface area contributed by atoms with Crippen LogP contribution in [0.15, 0.2) is 54.4 Å². The number of aromatic nitrogens is 1. The minimum atomic E-state index is -0.745. The van der Waals surface area contributed by atoms with Crippen molar-refractivity contribution >= 4 is 16.3 Å². The molecule has 0 radical (unpaired) electrons. The van der Waals surface area contributed by atoms with Crippen LogP contribution in [0.1, 0.15) is 51.0 Å². The molecule has 5 nitrogen and oxygen atoms in total. The Morgan fingerprint density at radius 2 is 1.91 bits per heavy atom. The van der Waals surface area contributed by atoms with Crippen molar-refractivity contribution in [2.45, 2.75) is 74.9 Å². The van der Waals surface area contributed by atoms with E-state index >= 15 is 0 Å². The maximum absolute atomic E-state index is 11.2. The molecule has 2 saturated heterocycles. The van der Waals surface area contributed by atoms with Gasteiger partial charge in [0.05, 0.1) is 23.4 Å². The number of benzene rings is 1. The molecule has 2 aliphatic heterocycles. The molecule has 3 fully saturated rings. The van der Waals surface area contributed by atoms with Crippen molar-refractivity contribution in [3.05, 3.63) is 59.9 Å². The Bertz CT molecular complexity index is 1270. The van der Waals surface area contributed by atoms with E-state index in [0.29, 0.717) is 5.92 Å². The number of hydrogen-bond acceptors (Lipinski definition) is 5. The Labute approximate surface area is 207 Å². The third kappa shape index (κ3) is 2.81. The lowest BCUT2D eigenvalue weighted by atomic mass is 9.57. The molecule has 2 bridgehead atoms. The number of hydrogen-bond donors (Lipinski definition) is 2. The summed E-state index contributed by atoms with van der Waals surface area (Å²) in [5.74, 6) is 0.374. The van der Waals surface area contributed by atoms with Crippen LogP contribution >= 0.6 is 0 Å². The predicted molar refractivity (Wildman–Crippen MR) is 137 cm³/mol. The fraction of sp³-hybridized carbons (Fsp3) is 0.567. The average molecular weight is 473 g/mol. The molecule has 1 aromatic carbocycles. The molecule has 2 unspecified atom stereocenters. The quantitative estimate of drug-likeness (QED) is 0.637. The number of rotatable bonds is 2. The molecule has 1 aromatic heterocycles. The number of likely N-dealkylation sites (N-methyl/N-ethyl adjacent to an activating group) is 1. The highest BCUT2D eigenvalue weighted by molar-refractivity contribution is 5.87. The monoisotopic (exact) mass is 472 g/mol. The Morgan fingerprint density at radius 1 is 1.06 bits per heavy atom. The smallest absolute Gasteiger partial charge is 0.0958 e. The van der Waals surface area contributed by atoms with Crippen LogP contribution < -0.4 is 0 Å². The summed E-state index contributed by atoms with van der Waals surface area (Å²) in [4.78, 5) is 6.40. The molecular weight excluding hydrogens is 436 g/mol. The summed E-state index contributed by atoms with van der Waals surface area (Å²) in [6.07, 6.45) is 12.9. The molecule has 5 heteroatoms. The van der Waals surface area contributed by atoms with Crippen LogP contribution in [0.4, 0.5) is 0 Å². The molecule has 8 atom stereocenters. The number of nitrogens with zero attached hydrogens (tertiary/aromatic N) is 2. The molecule has 0 amide bonds. The first-order valence-electron chi connectivity index (χ1n) is 13.2. The van der Waals surface area contributed by atoms with Crippen molar-refractivity contribution in [1.82, 2.24) is 9.88 Å². The van der Waals surface area contributed by atoms with Gasteiger partial charge in [-0.25, -0.2) is 0 Å². The van der Waals surface area contributed by atoms with Gasteiger partial charge in [0.15, 0.2) is 0 Å². The lowest BCUT2D eigenvalue weighted by Crippen LogP contribution is -2.66. The van der Waals surface area contributed by atoms with Gasteiger partial charge in [-0.1, -0.05) is 31.2 Å². The number of aliphatic hydroxyl groups is 2. The van der Waals surface area contributed by atoms with E-state index in [4.69, 9.17) is 4.74 Å². The van der Waals surface area contributed by atoms with Gasteiger partial charge in [0, 0.05) is 41.1 Å². The van der Waals surface area contributed by atoms with Crippen LogP contribution in [0.25, 0.3) is 16.3 Å². The summed E-state index contributed by atoms with van der Waals surface area (Å²) in [6, 6.07) is 8.78. The minimum Gasteiger partial charge on any atom is -0.390 e. The van der Waals surface area contributed by atoms with E-state index in [1.165, 1.54) is 27.5 Å². The second-order valence-corrected chi connectivity index (χ2v) is 12.3. The fourth-order valence-electron chi connectivity index (χ4n) is 8.73. The summed E-state index contributed by atoms with van der Waals surface area (Å²) >= 11 is 0. The first-order valence-corrected chi connectivity index (χ1v) is 13.2. The lowest BCUT2D eigenvalue weighted by molar-refractivity contribution is -0.237. The Morgan fingerprint density at radius 3 is 2.74 bits per heavy atom. The van der Waals surface area contributed by atoms with Gasteiger partial charge in [-0.05, 0) is 86.8 Å². The molecular formula is C30H36N2O3. The number of pyridine rings is 1. The Kier molecular flexibility index (Phi) is 4.60. The average Bonchev–Trinajstić information content (AvgIpc) is 3.37. The summed E-state index contributed by atoms with van der Waals surface area (Å²) in [7, 11) is 4.00. The number of allylic oxidation sites excluding steroid dienone is 3.